The Morgan fingerprint density at radius 3 is 2.73 bits per heavy atom. The van der Waals surface area contributed by atoms with Crippen LogP contribution in [0.1, 0.15) is 29.9 Å². The molecule has 1 fully saturated rings. The second-order valence-corrected chi connectivity index (χ2v) is 5.64. The monoisotopic (exact) mass is 316 g/mol. The smallest absolute Gasteiger partial charge is 0.140 e. The van der Waals surface area contributed by atoms with Crippen LogP contribution in [0.25, 0.3) is 0 Å². The summed E-state index contributed by atoms with van der Waals surface area (Å²) in [7, 11) is 0. The lowest BCUT2D eigenvalue weighted by Crippen LogP contribution is -2.26. The van der Waals surface area contributed by atoms with E-state index in [2.05, 4.69) is 0 Å². The van der Waals surface area contributed by atoms with Crippen LogP contribution in [0.5, 0.6) is 0 Å². The maximum absolute atomic E-state index is 13.4. The number of hydrogen-bond acceptors (Lipinski definition) is 1. The number of halogens is 2. The van der Waals surface area contributed by atoms with E-state index in [0.29, 0.717) is 21.7 Å². The Hall–Kier alpha value is -0.450. The molecule has 3 heteroatoms. The number of hydrogen-bond donors (Lipinski definition) is 0. The van der Waals surface area contributed by atoms with Crippen molar-refractivity contribution in [2.45, 2.75) is 25.2 Å². The summed E-state index contributed by atoms with van der Waals surface area (Å²) in [6.07, 6.45) is 2.38. The predicted octanol–water partition coefficient (Wildman–Crippen LogP) is 3.05. The highest BCUT2D eigenvalue weighted by molar-refractivity contribution is 14.1. The Balaban J connectivity index is 2.14. The van der Waals surface area contributed by atoms with E-state index < -0.39 is 0 Å². The van der Waals surface area contributed by atoms with Crippen LogP contribution in [0.3, 0.4) is 0 Å². The number of benzene rings is 1. The van der Waals surface area contributed by atoms with E-state index in [0.717, 1.165) is 24.0 Å². The van der Waals surface area contributed by atoms with Gasteiger partial charge in [0.2, 0.25) is 0 Å². The van der Waals surface area contributed by atoms with Crippen LogP contribution in [-0.4, -0.2) is 5.78 Å². The molecule has 1 nitrogen and oxygen atoms in total. The summed E-state index contributed by atoms with van der Waals surface area (Å²) in [6.45, 7) is 0. The van der Waals surface area contributed by atoms with E-state index in [1.807, 2.05) is 28.7 Å². The first-order chi connectivity index (χ1) is 7.15. The molecule has 1 aromatic rings. The van der Waals surface area contributed by atoms with Crippen LogP contribution in [0.4, 0.5) is 4.39 Å². The summed E-state index contributed by atoms with van der Waals surface area (Å²) in [5.74, 6) is 0.880. The maximum atomic E-state index is 13.4. The van der Waals surface area contributed by atoms with Crippen molar-refractivity contribution in [1.29, 1.82) is 0 Å². The fraction of sp³-hybridized carbons (Fsp3) is 0.417. The third-order valence-electron chi connectivity index (χ3n) is 3.58. The van der Waals surface area contributed by atoms with E-state index in [9.17, 15) is 9.18 Å². The zero-order chi connectivity index (χ0) is 10.6. The second-order valence-electron chi connectivity index (χ2n) is 4.47. The lowest BCUT2D eigenvalue weighted by molar-refractivity contribution is -0.124. The summed E-state index contributed by atoms with van der Waals surface area (Å²) in [4.78, 5) is 11.7. The molecule has 0 unspecified atom stereocenters. The van der Waals surface area contributed by atoms with Gasteiger partial charge >= 0.3 is 0 Å². The molecular weight excluding hydrogens is 306 g/mol. The van der Waals surface area contributed by atoms with Crippen molar-refractivity contribution in [1.82, 2.24) is 0 Å². The fourth-order valence-corrected chi connectivity index (χ4v) is 3.13. The van der Waals surface area contributed by atoms with Crippen LogP contribution in [-0.2, 0) is 11.2 Å². The molecule has 0 radical (unpaired) electrons. The maximum Gasteiger partial charge on any atom is 0.140 e. The summed E-state index contributed by atoms with van der Waals surface area (Å²) in [6, 6.07) is 3.47. The number of ketones is 1. The van der Waals surface area contributed by atoms with Gasteiger partial charge in [-0.3, -0.25) is 4.79 Å². The van der Waals surface area contributed by atoms with Crippen molar-refractivity contribution in [3.63, 3.8) is 0 Å². The zero-order valence-electron chi connectivity index (χ0n) is 8.09. The lowest BCUT2D eigenvalue weighted by Gasteiger charge is -2.31. The van der Waals surface area contributed by atoms with E-state index in [4.69, 9.17) is 0 Å². The van der Waals surface area contributed by atoms with Crippen molar-refractivity contribution < 1.29 is 9.18 Å². The van der Waals surface area contributed by atoms with Crippen LogP contribution in [0, 0.1) is 15.3 Å². The molecule has 3 aliphatic rings. The molecule has 4 rings (SSSR count). The standard InChI is InChI=1S/C12H10FIO/c13-10-5-9-6-1-8(2-6)12(15)4-7(9)3-11(10)14/h3,5-6,8H,1-2,4H2. The first kappa shape index (κ1) is 9.75. The van der Waals surface area contributed by atoms with Gasteiger partial charge in [-0.05, 0) is 64.6 Å². The molecule has 2 bridgehead atoms. The molecule has 0 saturated heterocycles. The molecule has 15 heavy (non-hydrogen) atoms. The van der Waals surface area contributed by atoms with Gasteiger partial charge in [-0.25, -0.2) is 4.39 Å². The minimum Gasteiger partial charge on any atom is -0.299 e. The van der Waals surface area contributed by atoms with Crippen LogP contribution < -0.4 is 0 Å². The molecule has 1 saturated carbocycles. The summed E-state index contributed by atoms with van der Waals surface area (Å²) < 4.78 is 14.1. The summed E-state index contributed by atoms with van der Waals surface area (Å²) in [5, 5.41) is 0. The summed E-state index contributed by atoms with van der Waals surface area (Å²) >= 11 is 1.98. The Bertz CT molecular complexity index is 449. The van der Waals surface area contributed by atoms with E-state index in [1.165, 1.54) is 0 Å². The first-order valence-corrected chi connectivity index (χ1v) is 6.23. The van der Waals surface area contributed by atoms with Crippen molar-refractivity contribution in [2.75, 3.05) is 0 Å². The number of carbonyl (C=O) groups is 1. The summed E-state index contributed by atoms with van der Waals surface area (Å²) in [5.41, 5.74) is 2.13. The van der Waals surface area contributed by atoms with Crippen LogP contribution in [0.2, 0.25) is 0 Å². The molecule has 78 valence electrons. The van der Waals surface area contributed by atoms with E-state index >= 15 is 0 Å². The molecule has 1 aromatic carbocycles. The molecule has 0 aliphatic heterocycles. The average Bonchev–Trinajstić information content (AvgIpc) is 2.28. The average molecular weight is 316 g/mol. The predicted molar refractivity (Wildman–Crippen MR) is 63.3 cm³/mol. The van der Waals surface area contributed by atoms with Crippen LogP contribution >= 0.6 is 22.6 Å². The van der Waals surface area contributed by atoms with Gasteiger partial charge in [0.1, 0.15) is 11.6 Å². The largest absolute Gasteiger partial charge is 0.299 e. The van der Waals surface area contributed by atoms with Gasteiger partial charge in [0, 0.05) is 15.9 Å². The Kier molecular flexibility index (Phi) is 2.13. The van der Waals surface area contributed by atoms with Gasteiger partial charge in [0.15, 0.2) is 0 Å². The number of rotatable bonds is 0. The highest BCUT2D eigenvalue weighted by Crippen LogP contribution is 2.47. The van der Waals surface area contributed by atoms with Crippen molar-refractivity contribution >= 4 is 28.4 Å². The normalized spacial score (nSPS) is 28.0. The van der Waals surface area contributed by atoms with Crippen molar-refractivity contribution in [2.24, 2.45) is 5.92 Å². The topological polar surface area (TPSA) is 17.1 Å². The van der Waals surface area contributed by atoms with E-state index in [-0.39, 0.29) is 11.7 Å². The molecule has 3 aliphatic carbocycles. The van der Waals surface area contributed by atoms with Gasteiger partial charge in [-0.1, -0.05) is 0 Å². The van der Waals surface area contributed by atoms with Crippen LogP contribution in [0.15, 0.2) is 12.1 Å². The molecular formula is C12H10FIO. The molecule has 0 amide bonds. The second kappa shape index (κ2) is 3.27. The Morgan fingerprint density at radius 2 is 2.00 bits per heavy atom. The van der Waals surface area contributed by atoms with Crippen molar-refractivity contribution in [3.05, 3.63) is 32.6 Å². The minimum atomic E-state index is -0.146. The highest BCUT2D eigenvalue weighted by Gasteiger charge is 2.39. The lowest BCUT2D eigenvalue weighted by atomic mass is 9.72. The molecule has 0 aromatic heterocycles. The van der Waals surface area contributed by atoms with Gasteiger partial charge < -0.3 is 0 Å². The number of fused-ring (bicyclic) bond motifs is 1. The molecule has 0 atom stereocenters. The zero-order valence-corrected chi connectivity index (χ0v) is 10.3. The van der Waals surface area contributed by atoms with E-state index in [1.54, 1.807) is 6.07 Å². The molecule has 0 heterocycles. The Labute approximate surface area is 101 Å². The molecule has 0 spiro atoms. The number of carbonyl (C=O) groups excluding carboxylic acids is 1. The first-order valence-electron chi connectivity index (χ1n) is 5.15. The highest BCUT2D eigenvalue weighted by atomic mass is 127. The quantitative estimate of drug-likeness (QED) is 0.673. The molecule has 0 N–H and O–H groups in total. The Morgan fingerprint density at radius 1 is 1.27 bits per heavy atom. The third kappa shape index (κ3) is 1.43. The van der Waals surface area contributed by atoms with Gasteiger partial charge in [-0.15, -0.1) is 0 Å². The fourth-order valence-electron chi connectivity index (χ4n) is 2.60. The van der Waals surface area contributed by atoms with Gasteiger partial charge in [0.25, 0.3) is 0 Å². The third-order valence-corrected chi connectivity index (χ3v) is 4.41. The van der Waals surface area contributed by atoms with Gasteiger partial charge in [-0.2, -0.15) is 0 Å². The minimum absolute atomic E-state index is 0.146. The SMILES string of the molecule is O=C1Cc2cc(I)c(F)cc2C2CC1C2. The number of Topliss-reactive ketones (excluding diaryl/α,β-unsaturated/α-hetero) is 1. The van der Waals surface area contributed by atoms with Crippen molar-refractivity contribution in [3.8, 4) is 0 Å². The van der Waals surface area contributed by atoms with Gasteiger partial charge in [0.05, 0.1) is 0 Å².